The minimum Gasteiger partial charge on any atom is -0.481 e. The first-order chi connectivity index (χ1) is 8.99. The van der Waals surface area contributed by atoms with Crippen LogP contribution in [0.4, 0.5) is 4.79 Å². The van der Waals surface area contributed by atoms with Crippen LogP contribution in [0.5, 0.6) is 0 Å². The standard InChI is InChI=1S/C12H11BrN2O4/c13-7-3-4-9-8(6-7)11(18)15(12(19)14-9)5-1-2-10(16)17/h3-4,6,8H,1-2,5H2,(H,16,17). The van der Waals surface area contributed by atoms with Crippen molar-refractivity contribution in [1.82, 2.24) is 4.90 Å². The molecular weight excluding hydrogens is 316 g/mol. The smallest absolute Gasteiger partial charge is 0.350 e. The van der Waals surface area contributed by atoms with Crippen molar-refractivity contribution < 1.29 is 19.5 Å². The lowest BCUT2D eigenvalue weighted by Gasteiger charge is -2.28. The minimum atomic E-state index is -0.954. The number of aliphatic imine (C=N–C) groups is 1. The van der Waals surface area contributed by atoms with Crippen LogP contribution in [0.2, 0.25) is 0 Å². The molecule has 6 nitrogen and oxygen atoms in total. The molecule has 1 aliphatic heterocycles. The summed E-state index contributed by atoms with van der Waals surface area (Å²) in [6.07, 6.45) is 5.16. The Kier molecular flexibility index (Phi) is 3.94. The van der Waals surface area contributed by atoms with Crippen molar-refractivity contribution >= 4 is 39.5 Å². The van der Waals surface area contributed by atoms with Crippen LogP contribution >= 0.6 is 15.9 Å². The third-order valence-electron chi connectivity index (χ3n) is 2.82. The number of rotatable bonds is 4. The molecule has 1 N–H and O–H groups in total. The monoisotopic (exact) mass is 326 g/mol. The van der Waals surface area contributed by atoms with Crippen LogP contribution in [-0.2, 0) is 9.59 Å². The van der Waals surface area contributed by atoms with E-state index in [1.54, 1.807) is 18.2 Å². The lowest BCUT2D eigenvalue weighted by Crippen LogP contribution is -2.46. The number of nitrogens with zero attached hydrogens (tertiary/aromatic N) is 2. The number of allylic oxidation sites excluding steroid dienone is 3. The molecule has 100 valence electrons. The highest BCUT2D eigenvalue weighted by molar-refractivity contribution is 9.11. The number of carbonyl (C=O) groups is 3. The first-order valence-corrected chi connectivity index (χ1v) is 6.49. The summed E-state index contributed by atoms with van der Waals surface area (Å²) in [7, 11) is 0. The maximum absolute atomic E-state index is 12.2. The molecule has 0 aromatic heterocycles. The minimum absolute atomic E-state index is 0.0758. The van der Waals surface area contributed by atoms with Gasteiger partial charge < -0.3 is 5.11 Å². The Labute approximate surface area is 117 Å². The lowest BCUT2D eigenvalue weighted by molar-refractivity contribution is -0.138. The predicted octanol–water partition coefficient (Wildman–Crippen LogP) is 1.72. The van der Waals surface area contributed by atoms with Gasteiger partial charge in [0.2, 0.25) is 5.91 Å². The first-order valence-electron chi connectivity index (χ1n) is 5.70. The Balaban J connectivity index is 2.13. The van der Waals surface area contributed by atoms with E-state index in [4.69, 9.17) is 5.11 Å². The van der Waals surface area contributed by atoms with E-state index in [-0.39, 0.29) is 25.3 Å². The topological polar surface area (TPSA) is 87.0 Å². The van der Waals surface area contributed by atoms with Crippen LogP contribution in [0, 0.1) is 5.92 Å². The average molecular weight is 327 g/mol. The Bertz CT molecular complexity index is 536. The number of hydrogen-bond donors (Lipinski definition) is 1. The van der Waals surface area contributed by atoms with Crippen molar-refractivity contribution in [3.63, 3.8) is 0 Å². The molecule has 1 heterocycles. The van der Waals surface area contributed by atoms with Gasteiger partial charge in [0.05, 0.1) is 5.71 Å². The molecule has 0 radical (unpaired) electrons. The van der Waals surface area contributed by atoms with Crippen LogP contribution in [0.1, 0.15) is 12.8 Å². The van der Waals surface area contributed by atoms with E-state index in [1.807, 2.05) is 0 Å². The number of aliphatic carboxylic acids is 1. The van der Waals surface area contributed by atoms with Crippen LogP contribution in [-0.4, -0.2) is 40.2 Å². The summed E-state index contributed by atoms with van der Waals surface area (Å²) >= 11 is 3.27. The van der Waals surface area contributed by atoms with Gasteiger partial charge in [0, 0.05) is 17.4 Å². The Morgan fingerprint density at radius 3 is 2.84 bits per heavy atom. The molecule has 0 fully saturated rings. The Morgan fingerprint density at radius 2 is 2.16 bits per heavy atom. The zero-order valence-corrected chi connectivity index (χ0v) is 11.5. The number of halogens is 1. The number of carboxylic acid groups (broad SMARTS) is 1. The first kappa shape index (κ1) is 13.7. The normalized spacial score (nSPS) is 21.9. The number of fused-ring (bicyclic) bond motifs is 1. The molecule has 0 saturated carbocycles. The molecule has 1 atom stereocenters. The molecule has 2 rings (SSSR count). The molecule has 0 saturated heterocycles. The van der Waals surface area contributed by atoms with Crippen LogP contribution < -0.4 is 0 Å². The molecule has 7 heteroatoms. The molecule has 2 aliphatic rings. The van der Waals surface area contributed by atoms with Gasteiger partial charge in [-0.25, -0.2) is 4.79 Å². The lowest BCUT2D eigenvalue weighted by atomic mass is 9.95. The van der Waals surface area contributed by atoms with Crippen molar-refractivity contribution in [3.05, 3.63) is 22.7 Å². The Morgan fingerprint density at radius 1 is 1.42 bits per heavy atom. The van der Waals surface area contributed by atoms with Crippen molar-refractivity contribution in [2.45, 2.75) is 12.8 Å². The van der Waals surface area contributed by atoms with E-state index in [1.165, 1.54) is 0 Å². The van der Waals surface area contributed by atoms with Gasteiger partial charge in [-0.05, 0) is 18.6 Å². The van der Waals surface area contributed by atoms with Crippen LogP contribution in [0.3, 0.4) is 0 Å². The van der Waals surface area contributed by atoms with Crippen molar-refractivity contribution in [1.29, 1.82) is 0 Å². The number of carboxylic acids is 1. The fraction of sp³-hybridized carbons (Fsp3) is 0.333. The largest absolute Gasteiger partial charge is 0.481 e. The summed E-state index contributed by atoms with van der Waals surface area (Å²) in [6, 6.07) is -0.627. The summed E-state index contributed by atoms with van der Waals surface area (Å²) in [5, 5.41) is 8.56. The fourth-order valence-corrected chi connectivity index (χ4v) is 2.30. The highest BCUT2D eigenvalue weighted by Gasteiger charge is 2.35. The third kappa shape index (κ3) is 2.98. The van der Waals surface area contributed by atoms with Gasteiger partial charge in [-0.3, -0.25) is 14.5 Å². The molecule has 1 unspecified atom stereocenters. The quantitative estimate of drug-likeness (QED) is 0.852. The number of hydrogen-bond acceptors (Lipinski definition) is 3. The highest BCUT2D eigenvalue weighted by Crippen LogP contribution is 2.24. The van der Waals surface area contributed by atoms with Gasteiger partial charge in [-0.1, -0.05) is 22.0 Å². The van der Waals surface area contributed by atoms with Gasteiger partial charge in [0.1, 0.15) is 5.92 Å². The summed E-state index contributed by atoms with van der Waals surface area (Å²) in [4.78, 5) is 39.2. The predicted molar refractivity (Wildman–Crippen MR) is 71.1 cm³/mol. The van der Waals surface area contributed by atoms with Crippen molar-refractivity contribution in [3.8, 4) is 0 Å². The molecule has 1 aliphatic carbocycles. The highest BCUT2D eigenvalue weighted by atomic mass is 79.9. The van der Waals surface area contributed by atoms with Gasteiger partial charge in [0.25, 0.3) is 0 Å². The summed E-state index contributed by atoms with van der Waals surface area (Å²) in [5.41, 5.74) is 0.424. The zero-order valence-electron chi connectivity index (χ0n) is 9.88. The van der Waals surface area contributed by atoms with Crippen LogP contribution in [0.15, 0.2) is 27.7 Å². The van der Waals surface area contributed by atoms with Gasteiger partial charge >= 0.3 is 12.0 Å². The molecule has 0 aromatic carbocycles. The SMILES string of the molecule is O=C(O)CCCN1C(=O)N=C2C=CC(Br)=CC2C1=O. The summed E-state index contributed by atoms with van der Waals surface area (Å²) in [6.45, 7) is 0.0758. The van der Waals surface area contributed by atoms with E-state index in [2.05, 4.69) is 20.9 Å². The second-order valence-electron chi connectivity index (χ2n) is 4.17. The van der Waals surface area contributed by atoms with E-state index in [0.29, 0.717) is 5.71 Å². The van der Waals surface area contributed by atoms with E-state index >= 15 is 0 Å². The van der Waals surface area contributed by atoms with E-state index in [9.17, 15) is 14.4 Å². The maximum atomic E-state index is 12.2. The molecule has 19 heavy (non-hydrogen) atoms. The van der Waals surface area contributed by atoms with Crippen LogP contribution in [0.25, 0.3) is 0 Å². The third-order valence-corrected chi connectivity index (χ3v) is 3.35. The fourth-order valence-electron chi connectivity index (χ4n) is 1.90. The Hall–Kier alpha value is -1.76. The number of imide groups is 1. The van der Waals surface area contributed by atoms with E-state index < -0.39 is 17.9 Å². The number of carbonyl (C=O) groups excluding carboxylic acids is 2. The number of amides is 3. The van der Waals surface area contributed by atoms with Gasteiger partial charge in [-0.2, -0.15) is 4.99 Å². The van der Waals surface area contributed by atoms with Gasteiger partial charge in [-0.15, -0.1) is 0 Å². The molecule has 0 bridgehead atoms. The molecule has 0 spiro atoms. The van der Waals surface area contributed by atoms with Gasteiger partial charge in [0.15, 0.2) is 0 Å². The second kappa shape index (κ2) is 5.48. The molecular formula is C12H11BrN2O4. The molecule has 3 amide bonds. The van der Waals surface area contributed by atoms with Crippen molar-refractivity contribution in [2.24, 2.45) is 10.9 Å². The maximum Gasteiger partial charge on any atom is 0.350 e. The zero-order chi connectivity index (χ0) is 14.0. The summed E-state index contributed by atoms with van der Waals surface area (Å²) < 4.78 is 0.754. The second-order valence-corrected chi connectivity index (χ2v) is 5.08. The molecule has 0 aromatic rings. The van der Waals surface area contributed by atoms with E-state index in [0.717, 1.165) is 9.38 Å². The average Bonchev–Trinajstić information content (AvgIpc) is 2.34. The number of urea groups is 1. The summed E-state index contributed by atoms with van der Waals surface area (Å²) in [5.74, 6) is -1.88. The van der Waals surface area contributed by atoms with Crippen molar-refractivity contribution in [2.75, 3.05) is 6.54 Å².